The van der Waals surface area contributed by atoms with Gasteiger partial charge in [-0.25, -0.2) is 9.97 Å². The topological polar surface area (TPSA) is 56.3 Å². The molecule has 1 aromatic heterocycles. The number of anilines is 1. The van der Waals surface area contributed by atoms with Gasteiger partial charge in [0.25, 0.3) is 0 Å². The van der Waals surface area contributed by atoms with E-state index in [1.54, 1.807) is 13.1 Å². The normalized spacial score (nSPS) is 11.6. The smallest absolute Gasteiger partial charge is 0.378 e. The van der Waals surface area contributed by atoms with E-state index in [1.165, 1.54) is 7.11 Å². The van der Waals surface area contributed by atoms with Crippen molar-refractivity contribution in [2.24, 2.45) is 0 Å². The molecular formula is C11H16F3N3O2. The lowest BCUT2D eigenvalue weighted by molar-refractivity contribution is -0.173. The Kier molecular flexibility index (Phi) is 5.97. The van der Waals surface area contributed by atoms with Gasteiger partial charge in [0.2, 0.25) is 0 Å². The van der Waals surface area contributed by atoms with Crippen LogP contribution >= 0.6 is 0 Å². The molecule has 0 aliphatic carbocycles. The standard InChI is InChI=1S/C11H16F3N3O2/c1-15-10-5-8(6-18-2)16-9(17-10)3-4-19-7-11(12,13)14/h5H,3-4,6-7H2,1-2H3,(H,15,16,17). The zero-order valence-corrected chi connectivity index (χ0v) is 10.8. The summed E-state index contributed by atoms with van der Waals surface area (Å²) in [5.74, 6) is 1.01. The molecule has 0 aliphatic heterocycles. The summed E-state index contributed by atoms with van der Waals surface area (Å²) in [7, 11) is 3.23. The summed E-state index contributed by atoms with van der Waals surface area (Å²) in [6, 6.07) is 1.71. The predicted octanol–water partition coefficient (Wildman–Crippen LogP) is 1.79. The minimum absolute atomic E-state index is 0.0842. The van der Waals surface area contributed by atoms with E-state index >= 15 is 0 Å². The van der Waals surface area contributed by atoms with Crippen LogP contribution in [0.2, 0.25) is 0 Å². The Hall–Kier alpha value is -1.41. The molecule has 0 unspecified atom stereocenters. The van der Waals surface area contributed by atoms with Gasteiger partial charge < -0.3 is 14.8 Å². The number of aromatic nitrogens is 2. The second-order valence-corrected chi connectivity index (χ2v) is 3.76. The van der Waals surface area contributed by atoms with E-state index in [0.717, 1.165) is 0 Å². The maximum absolute atomic E-state index is 11.9. The van der Waals surface area contributed by atoms with Crippen molar-refractivity contribution < 1.29 is 22.6 Å². The summed E-state index contributed by atoms with van der Waals surface area (Å²) in [4.78, 5) is 8.30. The fourth-order valence-corrected chi connectivity index (χ4v) is 1.37. The van der Waals surface area contributed by atoms with Crippen LogP contribution in [-0.2, 0) is 22.5 Å². The second-order valence-electron chi connectivity index (χ2n) is 3.76. The summed E-state index contributed by atoms with van der Waals surface area (Å²) < 4.78 is 45.1. The summed E-state index contributed by atoms with van der Waals surface area (Å²) in [6.45, 7) is -1.03. The van der Waals surface area contributed by atoms with Gasteiger partial charge in [-0.2, -0.15) is 13.2 Å². The molecule has 1 rings (SSSR count). The quantitative estimate of drug-likeness (QED) is 0.771. The fourth-order valence-electron chi connectivity index (χ4n) is 1.37. The molecule has 5 nitrogen and oxygen atoms in total. The number of nitrogens with one attached hydrogen (secondary N) is 1. The van der Waals surface area contributed by atoms with E-state index in [9.17, 15) is 13.2 Å². The Morgan fingerprint density at radius 1 is 1.32 bits per heavy atom. The van der Waals surface area contributed by atoms with E-state index in [0.29, 0.717) is 23.9 Å². The molecule has 8 heteroatoms. The average molecular weight is 279 g/mol. The number of halogens is 3. The second kappa shape index (κ2) is 7.25. The number of alkyl halides is 3. The SMILES string of the molecule is CNc1cc(COC)nc(CCOCC(F)(F)F)n1. The molecule has 0 fully saturated rings. The van der Waals surface area contributed by atoms with Crippen LogP contribution in [0.3, 0.4) is 0 Å². The maximum Gasteiger partial charge on any atom is 0.411 e. The first-order valence-electron chi connectivity index (χ1n) is 5.62. The lowest BCUT2D eigenvalue weighted by atomic mass is 10.3. The summed E-state index contributed by atoms with van der Waals surface area (Å²) in [6.07, 6.45) is -4.10. The molecule has 108 valence electrons. The van der Waals surface area contributed by atoms with Crippen molar-refractivity contribution in [2.45, 2.75) is 19.2 Å². The van der Waals surface area contributed by atoms with Gasteiger partial charge >= 0.3 is 6.18 Å². The van der Waals surface area contributed by atoms with Crippen LogP contribution in [0.1, 0.15) is 11.5 Å². The Bertz CT molecular complexity index is 399. The largest absolute Gasteiger partial charge is 0.411 e. The molecule has 0 spiro atoms. The molecule has 0 bridgehead atoms. The Labute approximate surface area is 109 Å². The van der Waals surface area contributed by atoms with Crippen molar-refractivity contribution in [1.82, 2.24) is 9.97 Å². The molecule has 0 aliphatic rings. The van der Waals surface area contributed by atoms with Crippen LogP contribution in [0.25, 0.3) is 0 Å². The maximum atomic E-state index is 11.9. The number of methoxy groups -OCH3 is 1. The zero-order chi connectivity index (χ0) is 14.3. The van der Waals surface area contributed by atoms with Crippen LogP contribution < -0.4 is 5.32 Å². The minimum atomic E-state index is -4.31. The molecule has 0 atom stereocenters. The van der Waals surface area contributed by atoms with Gasteiger partial charge in [-0.3, -0.25) is 0 Å². The summed E-state index contributed by atoms with van der Waals surface area (Å²) in [5, 5.41) is 2.85. The van der Waals surface area contributed by atoms with E-state index in [-0.39, 0.29) is 13.0 Å². The Balaban J connectivity index is 2.54. The monoisotopic (exact) mass is 279 g/mol. The van der Waals surface area contributed by atoms with E-state index < -0.39 is 12.8 Å². The van der Waals surface area contributed by atoms with Crippen molar-refractivity contribution in [2.75, 3.05) is 32.7 Å². The van der Waals surface area contributed by atoms with Gasteiger partial charge in [-0.05, 0) is 0 Å². The van der Waals surface area contributed by atoms with Gasteiger partial charge in [-0.15, -0.1) is 0 Å². The third-order valence-corrected chi connectivity index (χ3v) is 2.11. The summed E-state index contributed by atoms with van der Waals surface area (Å²) >= 11 is 0. The Morgan fingerprint density at radius 3 is 2.63 bits per heavy atom. The van der Waals surface area contributed by atoms with E-state index in [4.69, 9.17) is 4.74 Å². The number of rotatable bonds is 7. The van der Waals surface area contributed by atoms with E-state index in [1.807, 2.05) is 0 Å². The first kappa shape index (κ1) is 15.6. The highest BCUT2D eigenvalue weighted by molar-refractivity contribution is 5.35. The Morgan fingerprint density at radius 2 is 2.05 bits per heavy atom. The van der Waals surface area contributed by atoms with Gasteiger partial charge in [0.05, 0.1) is 18.9 Å². The molecule has 0 amide bonds. The molecule has 1 aromatic rings. The molecule has 1 N–H and O–H groups in total. The van der Waals surface area contributed by atoms with Gasteiger partial charge in [-0.1, -0.05) is 0 Å². The molecule has 0 saturated carbocycles. The van der Waals surface area contributed by atoms with Crippen molar-refractivity contribution >= 4 is 5.82 Å². The van der Waals surface area contributed by atoms with Crippen molar-refractivity contribution in [3.63, 3.8) is 0 Å². The van der Waals surface area contributed by atoms with E-state index in [2.05, 4.69) is 20.0 Å². The molecular weight excluding hydrogens is 263 g/mol. The fraction of sp³-hybridized carbons (Fsp3) is 0.636. The number of hydrogen-bond acceptors (Lipinski definition) is 5. The highest BCUT2D eigenvalue weighted by Crippen LogP contribution is 2.14. The van der Waals surface area contributed by atoms with Gasteiger partial charge in [0.1, 0.15) is 18.2 Å². The van der Waals surface area contributed by atoms with Crippen molar-refractivity contribution in [3.05, 3.63) is 17.6 Å². The van der Waals surface area contributed by atoms with Crippen LogP contribution in [0, 0.1) is 0 Å². The molecule has 0 aromatic carbocycles. The van der Waals surface area contributed by atoms with Crippen LogP contribution in [0.4, 0.5) is 19.0 Å². The zero-order valence-electron chi connectivity index (χ0n) is 10.8. The number of ether oxygens (including phenoxy) is 2. The molecule has 1 heterocycles. The lowest BCUT2D eigenvalue weighted by Gasteiger charge is -2.09. The van der Waals surface area contributed by atoms with Crippen LogP contribution in [0.15, 0.2) is 6.07 Å². The number of hydrogen-bond donors (Lipinski definition) is 1. The molecule has 0 radical (unpaired) electrons. The lowest BCUT2D eigenvalue weighted by Crippen LogP contribution is -2.18. The third-order valence-electron chi connectivity index (χ3n) is 2.11. The van der Waals surface area contributed by atoms with Crippen LogP contribution in [0.5, 0.6) is 0 Å². The minimum Gasteiger partial charge on any atom is -0.378 e. The summed E-state index contributed by atoms with van der Waals surface area (Å²) in [5.41, 5.74) is 0.660. The first-order chi connectivity index (χ1) is 8.94. The molecule has 0 saturated heterocycles. The highest BCUT2D eigenvalue weighted by Gasteiger charge is 2.27. The highest BCUT2D eigenvalue weighted by atomic mass is 19.4. The van der Waals surface area contributed by atoms with Crippen molar-refractivity contribution in [3.8, 4) is 0 Å². The first-order valence-corrected chi connectivity index (χ1v) is 5.62. The predicted molar refractivity (Wildman–Crippen MR) is 62.9 cm³/mol. The van der Waals surface area contributed by atoms with Gasteiger partial charge in [0.15, 0.2) is 0 Å². The van der Waals surface area contributed by atoms with Crippen LogP contribution in [-0.4, -0.2) is 43.5 Å². The molecule has 19 heavy (non-hydrogen) atoms. The average Bonchev–Trinajstić information content (AvgIpc) is 2.34. The van der Waals surface area contributed by atoms with Gasteiger partial charge in [0, 0.05) is 26.6 Å². The third kappa shape index (κ3) is 6.35. The number of nitrogens with zero attached hydrogens (tertiary/aromatic N) is 2. The van der Waals surface area contributed by atoms with Crippen molar-refractivity contribution in [1.29, 1.82) is 0 Å².